The minimum absolute atomic E-state index is 0.0195. The maximum Gasteiger partial charge on any atom is 0.311 e. The number of hydrogen-bond acceptors (Lipinski definition) is 4. The molecule has 0 amide bonds. The van der Waals surface area contributed by atoms with Crippen molar-refractivity contribution in [2.45, 2.75) is 12.7 Å². The second kappa shape index (κ2) is 5.30. The van der Waals surface area contributed by atoms with E-state index in [0.717, 1.165) is 11.1 Å². The molecule has 0 saturated carbocycles. The summed E-state index contributed by atoms with van der Waals surface area (Å²) in [5.74, 6) is 0.309. The van der Waals surface area contributed by atoms with Gasteiger partial charge < -0.3 is 9.47 Å². The number of nitro benzene ring substituents is 1. The second-order valence-electron chi connectivity index (χ2n) is 4.55. The number of nitro groups is 1. The standard InChI is InChI=1S/C15H13NO4/c17-16(18)13-8-4-7-12(14-10-19-14)15(13)20-9-11-5-2-1-3-6-11/h1-8,14H,9-10H2. The minimum Gasteiger partial charge on any atom is -0.482 e. The van der Waals surface area contributed by atoms with Gasteiger partial charge in [-0.1, -0.05) is 42.5 Å². The second-order valence-corrected chi connectivity index (χ2v) is 4.55. The number of benzene rings is 2. The third-order valence-corrected chi connectivity index (χ3v) is 3.13. The Bertz CT molecular complexity index is 623. The van der Waals surface area contributed by atoms with Gasteiger partial charge in [0.2, 0.25) is 5.75 Å². The first-order valence-electron chi connectivity index (χ1n) is 6.31. The van der Waals surface area contributed by atoms with Crippen LogP contribution in [0.4, 0.5) is 5.69 Å². The zero-order chi connectivity index (χ0) is 13.9. The van der Waals surface area contributed by atoms with Crippen LogP contribution in [0.1, 0.15) is 17.2 Å². The van der Waals surface area contributed by atoms with Crippen molar-refractivity contribution in [2.75, 3.05) is 6.61 Å². The zero-order valence-electron chi connectivity index (χ0n) is 10.7. The SMILES string of the molecule is O=[N+]([O-])c1cccc(C2CO2)c1OCc1ccccc1. The lowest BCUT2D eigenvalue weighted by molar-refractivity contribution is -0.386. The molecule has 20 heavy (non-hydrogen) atoms. The molecule has 0 N–H and O–H groups in total. The molecular formula is C15H13NO4. The molecule has 0 radical (unpaired) electrons. The molecule has 1 fully saturated rings. The summed E-state index contributed by atoms with van der Waals surface area (Å²) in [5.41, 5.74) is 1.69. The monoisotopic (exact) mass is 271 g/mol. The van der Waals surface area contributed by atoms with Crippen LogP contribution in [0.15, 0.2) is 48.5 Å². The highest BCUT2D eigenvalue weighted by atomic mass is 16.6. The van der Waals surface area contributed by atoms with Gasteiger partial charge in [-0.3, -0.25) is 10.1 Å². The third-order valence-electron chi connectivity index (χ3n) is 3.13. The van der Waals surface area contributed by atoms with Crippen LogP contribution >= 0.6 is 0 Å². The Balaban J connectivity index is 1.88. The molecule has 2 aromatic rings. The van der Waals surface area contributed by atoms with Gasteiger partial charge in [0.15, 0.2) is 0 Å². The number of rotatable bonds is 5. The van der Waals surface area contributed by atoms with Gasteiger partial charge >= 0.3 is 5.69 Å². The van der Waals surface area contributed by atoms with E-state index in [4.69, 9.17) is 9.47 Å². The van der Waals surface area contributed by atoms with Crippen LogP contribution in [-0.4, -0.2) is 11.5 Å². The van der Waals surface area contributed by atoms with E-state index in [1.165, 1.54) is 6.07 Å². The van der Waals surface area contributed by atoms with Crippen LogP contribution in [-0.2, 0) is 11.3 Å². The van der Waals surface area contributed by atoms with E-state index in [1.54, 1.807) is 6.07 Å². The summed E-state index contributed by atoms with van der Waals surface area (Å²) in [5, 5.41) is 11.1. The summed E-state index contributed by atoms with van der Waals surface area (Å²) >= 11 is 0. The lowest BCUT2D eigenvalue weighted by atomic mass is 10.1. The van der Waals surface area contributed by atoms with Crippen LogP contribution in [0.25, 0.3) is 0 Å². The largest absolute Gasteiger partial charge is 0.482 e. The zero-order valence-corrected chi connectivity index (χ0v) is 10.7. The summed E-state index contributed by atoms with van der Waals surface area (Å²) in [4.78, 5) is 10.7. The van der Waals surface area contributed by atoms with Gasteiger partial charge in [0.1, 0.15) is 12.7 Å². The maximum absolute atomic E-state index is 11.1. The molecule has 2 aromatic carbocycles. The first kappa shape index (κ1) is 12.6. The summed E-state index contributed by atoms with van der Waals surface area (Å²) in [6, 6.07) is 14.5. The van der Waals surface area contributed by atoms with Gasteiger partial charge in [0.05, 0.1) is 11.5 Å². The van der Waals surface area contributed by atoms with Crippen molar-refractivity contribution < 1.29 is 14.4 Å². The topological polar surface area (TPSA) is 64.9 Å². The first-order chi connectivity index (χ1) is 9.75. The van der Waals surface area contributed by atoms with Crippen molar-refractivity contribution in [3.05, 3.63) is 69.8 Å². The van der Waals surface area contributed by atoms with Gasteiger partial charge in [-0.05, 0) is 5.56 Å². The number of hydrogen-bond donors (Lipinski definition) is 0. The molecule has 0 spiro atoms. The van der Waals surface area contributed by atoms with E-state index in [9.17, 15) is 10.1 Å². The molecule has 1 aliphatic rings. The highest BCUT2D eigenvalue weighted by Gasteiger charge is 2.32. The van der Waals surface area contributed by atoms with Crippen LogP contribution < -0.4 is 4.74 Å². The Morgan fingerprint density at radius 1 is 1.20 bits per heavy atom. The Morgan fingerprint density at radius 3 is 2.60 bits per heavy atom. The quantitative estimate of drug-likeness (QED) is 0.475. The summed E-state index contributed by atoms with van der Waals surface area (Å²) in [6.45, 7) is 0.883. The molecular weight excluding hydrogens is 258 g/mol. The smallest absolute Gasteiger partial charge is 0.311 e. The van der Waals surface area contributed by atoms with Crippen molar-refractivity contribution in [3.8, 4) is 5.75 Å². The van der Waals surface area contributed by atoms with Gasteiger partial charge in [0, 0.05) is 11.6 Å². The highest BCUT2D eigenvalue weighted by Crippen LogP contribution is 2.41. The predicted molar refractivity (Wildman–Crippen MR) is 72.6 cm³/mol. The number of para-hydroxylation sites is 1. The normalized spacial score (nSPS) is 16.7. The lowest BCUT2D eigenvalue weighted by Crippen LogP contribution is -2.02. The molecule has 5 heteroatoms. The Morgan fingerprint density at radius 2 is 1.95 bits per heavy atom. The van der Waals surface area contributed by atoms with Gasteiger partial charge in [0.25, 0.3) is 0 Å². The van der Waals surface area contributed by atoms with E-state index in [0.29, 0.717) is 19.0 Å². The average Bonchev–Trinajstić information content (AvgIpc) is 3.30. The van der Waals surface area contributed by atoms with Crippen LogP contribution in [0.3, 0.4) is 0 Å². The first-order valence-corrected chi connectivity index (χ1v) is 6.31. The molecule has 1 atom stereocenters. The molecule has 5 nitrogen and oxygen atoms in total. The van der Waals surface area contributed by atoms with Crippen molar-refractivity contribution in [2.24, 2.45) is 0 Å². The fourth-order valence-corrected chi connectivity index (χ4v) is 2.05. The van der Waals surface area contributed by atoms with Crippen molar-refractivity contribution in [1.82, 2.24) is 0 Å². The van der Waals surface area contributed by atoms with Crippen LogP contribution in [0, 0.1) is 10.1 Å². The van der Waals surface area contributed by atoms with Crippen molar-refractivity contribution in [3.63, 3.8) is 0 Å². The Hall–Kier alpha value is -2.40. The molecule has 1 heterocycles. The summed E-state index contributed by atoms with van der Waals surface area (Å²) in [6.07, 6.45) is -0.0827. The van der Waals surface area contributed by atoms with Gasteiger partial charge in [-0.15, -0.1) is 0 Å². The molecule has 0 bridgehead atoms. The number of epoxide rings is 1. The van der Waals surface area contributed by atoms with Crippen molar-refractivity contribution >= 4 is 5.69 Å². The van der Waals surface area contributed by atoms with Gasteiger partial charge in [-0.25, -0.2) is 0 Å². The number of ether oxygens (including phenoxy) is 2. The van der Waals surface area contributed by atoms with E-state index in [-0.39, 0.29) is 11.8 Å². The van der Waals surface area contributed by atoms with Crippen molar-refractivity contribution in [1.29, 1.82) is 0 Å². The fourth-order valence-electron chi connectivity index (χ4n) is 2.05. The molecule has 0 aliphatic carbocycles. The molecule has 1 unspecified atom stereocenters. The van der Waals surface area contributed by atoms with Crippen LogP contribution in [0.2, 0.25) is 0 Å². The third kappa shape index (κ3) is 2.62. The number of nitrogens with zero attached hydrogens (tertiary/aromatic N) is 1. The molecule has 1 saturated heterocycles. The molecule has 102 valence electrons. The van der Waals surface area contributed by atoms with E-state index in [2.05, 4.69) is 0 Å². The average molecular weight is 271 g/mol. The Kier molecular flexibility index (Phi) is 3.35. The maximum atomic E-state index is 11.1. The van der Waals surface area contributed by atoms with Crippen LogP contribution in [0.5, 0.6) is 5.75 Å². The van der Waals surface area contributed by atoms with Gasteiger partial charge in [-0.2, -0.15) is 0 Å². The lowest BCUT2D eigenvalue weighted by Gasteiger charge is -2.10. The molecule has 1 aliphatic heterocycles. The predicted octanol–water partition coefficient (Wildman–Crippen LogP) is 3.25. The van der Waals surface area contributed by atoms with E-state index < -0.39 is 4.92 Å². The van der Waals surface area contributed by atoms with E-state index >= 15 is 0 Å². The minimum atomic E-state index is -0.424. The summed E-state index contributed by atoms with van der Waals surface area (Å²) < 4.78 is 10.9. The highest BCUT2D eigenvalue weighted by molar-refractivity contribution is 5.53. The molecule has 0 aromatic heterocycles. The van der Waals surface area contributed by atoms with E-state index in [1.807, 2.05) is 36.4 Å². The Labute approximate surface area is 115 Å². The molecule has 3 rings (SSSR count). The fraction of sp³-hybridized carbons (Fsp3) is 0.200. The summed E-state index contributed by atoms with van der Waals surface area (Å²) in [7, 11) is 0.